The minimum atomic E-state index is 0.363. The molecule has 0 spiro atoms. The molecule has 1 saturated carbocycles. The first-order valence-electron chi connectivity index (χ1n) is 7.83. The van der Waals surface area contributed by atoms with Gasteiger partial charge in [-0.15, -0.1) is 0 Å². The molecule has 0 aliphatic heterocycles. The van der Waals surface area contributed by atoms with E-state index < -0.39 is 0 Å². The van der Waals surface area contributed by atoms with Crippen LogP contribution in [0.5, 0.6) is 0 Å². The van der Waals surface area contributed by atoms with Crippen molar-refractivity contribution in [2.24, 2.45) is 11.8 Å². The zero-order valence-corrected chi connectivity index (χ0v) is 12.6. The number of aromatic nitrogens is 1. The minimum Gasteiger partial charge on any atom is -0.306 e. The van der Waals surface area contributed by atoms with E-state index in [1.165, 1.54) is 32.1 Å². The molecular weight excluding hydrogens is 232 g/mol. The lowest BCUT2D eigenvalue weighted by molar-refractivity contribution is 0.335. The largest absolute Gasteiger partial charge is 0.306 e. The number of hydrogen-bond donors (Lipinski definition) is 1. The van der Waals surface area contributed by atoms with Crippen molar-refractivity contribution >= 4 is 0 Å². The van der Waals surface area contributed by atoms with Crippen molar-refractivity contribution in [3.05, 3.63) is 30.1 Å². The van der Waals surface area contributed by atoms with Crippen LogP contribution >= 0.6 is 0 Å². The van der Waals surface area contributed by atoms with Crippen molar-refractivity contribution in [2.45, 2.75) is 65.0 Å². The van der Waals surface area contributed by atoms with E-state index >= 15 is 0 Å². The topological polar surface area (TPSA) is 24.9 Å². The predicted octanol–water partition coefficient (Wildman–Crippen LogP) is 4.34. The molecule has 3 unspecified atom stereocenters. The Morgan fingerprint density at radius 2 is 1.95 bits per heavy atom. The van der Waals surface area contributed by atoms with Crippen LogP contribution in [-0.4, -0.2) is 11.0 Å². The maximum absolute atomic E-state index is 4.45. The summed E-state index contributed by atoms with van der Waals surface area (Å²) < 4.78 is 0. The van der Waals surface area contributed by atoms with Crippen LogP contribution in [0.3, 0.4) is 0 Å². The summed E-state index contributed by atoms with van der Waals surface area (Å²) in [6, 6.07) is 7.20. The van der Waals surface area contributed by atoms with E-state index in [0.29, 0.717) is 12.1 Å². The lowest BCUT2D eigenvalue weighted by Gasteiger charge is -2.22. The van der Waals surface area contributed by atoms with Gasteiger partial charge in [-0.1, -0.05) is 32.8 Å². The van der Waals surface area contributed by atoms with Crippen molar-refractivity contribution in [3.8, 4) is 0 Å². The van der Waals surface area contributed by atoms with Gasteiger partial charge in [0.15, 0.2) is 0 Å². The summed E-state index contributed by atoms with van der Waals surface area (Å²) in [4.78, 5) is 4.45. The first-order chi connectivity index (χ1) is 9.16. The van der Waals surface area contributed by atoms with Crippen molar-refractivity contribution in [1.82, 2.24) is 10.3 Å². The first kappa shape index (κ1) is 14.5. The Bertz CT molecular complexity index is 361. The van der Waals surface area contributed by atoms with Crippen molar-refractivity contribution in [3.63, 3.8) is 0 Å². The maximum atomic E-state index is 4.45. The van der Waals surface area contributed by atoms with E-state index in [4.69, 9.17) is 0 Å². The number of nitrogens with one attached hydrogen (secondary N) is 1. The average molecular weight is 260 g/mol. The van der Waals surface area contributed by atoms with Crippen LogP contribution < -0.4 is 5.32 Å². The molecule has 0 aromatic carbocycles. The van der Waals surface area contributed by atoms with Crippen LogP contribution in [-0.2, 0) is 0 Å². The summed E-state index contributed by atoms with van der Waals surface area (Å²) in [5, 5.41) is 3.77. The molecule has 1 aromatic rings. The molecule has 0 amide bonds. The van der Waals surface area contributed by atoms with Gasteiger partial charge in [-0.25, -0.2) is 0 Å². The molecule has 1 aliphatic rings. The molecule has 2 heteroatoms. The normalized spacial score (nSPS) is 26.1. The van der Waals surface area contributed by atoms with Gasteiger partial charge in [0.25, 0.3) is 0 Å². The van der Waals surface area contributed by atoms with E-state index in [1.54, 1.807) is 0 Å². The fraction of sp³-hybridized carbons (Fsp3) is 0.706. The molecule has 1 aromatic heterocycles. The second kappa shape index (κ2) is 7.04. The second-order valence-corrected chi connectivity index (χ2v) is 6.35. The average Bonchev–Trinajstić information content (AvgIpc) is 2.65. The van der Waals surface area contributed by atoms with Crippen LogP contribution in [0.2, 0.25) is 0 Å². The zero-order valence-electron chi connectivity index (χ0n) is 12.6. The van der Waals surface area contributed by atoms with E-state index in [1.807, 2.05) is 12.3 Å². The van der Waals surface area contributed by atoms with Gasteiger partial charge in [0.05, 0.1) is 5.69 Å². The van der Waals surface area contributed by atoms with Crippen LogP contribution in [0.4, 0.5) is 0 Å². The molecule has 0 radical (unpaired) electrons. The van der Waals surface area contributed by atoms with Crippen LogP contribution in [0.25, 0.3) is 0 Å². The molecule has 19 heavy (non-hydrogen) atoms. The molecule has 1 N–H and O–H groups in total. The maximum Gasteiger partial charge on any atom is 0.0570 e. The lowest BCUT2D eigenvalue weighted by Crippen LogP contribution is -2.31. The SMILES string of the molecule is CC(NC1CCCC(C(C)C)CC1)c1ccccn1. The molecule has 3 atom stereocenters. The lowest BCUT2D eigenvalue weighted by atomic mass is 9.89. The number of nitrogens with zero attached hydrogens (tertiary/aromatic N) is 1. The Morgan fingerprint density at radius 3 is 2.63 bits per heavy atom. The molecule has 1 aliphatic carbocycles. The molecule has 106 valence electrons. The summed E-state index contributed by atoms with van der Waals surface area (Å²) in [6.45, 7) is 6.97. The smallest absolute Gasteiger partial charge is 0.0570 e. The molecule has 0 bridgehead atoms. The monoisotopic (exact) mass is 260 g/mol. The van der Waals surface area contributed by atoms with Gasteiger partial charge < -0.3 is 5.32 Å². The quantitative estimate of drug-likeness (QED) is 0.815. The van der Waals surface area contributed by atoms with Gasteiger partial charge in [-0.2, -0.15) is 0 Å². The second-order valence-electron chi connectivity index (χ2n) is 6.35. The van der Waals surface area contributed by atoms with Crippen LogP contribution in [0, 0.1) is 11.8 Å². The van der Waals surface area contributed by atoms with Gasteiger partial charge in [0, 0.05) is 18.3 Å². The highest BCUT2D eigenvalue weighted by Gasteiger charge is 2.22. The number of hydrogen-bond acceptors (Lipinski definition) is 2. The van der Waals surface area contributed by atoms with Crippen molar-refractivity contribution in [1.29, 1.82) is 0 Å². The fourth-order valence-corrected chi connectivity index (χ4v) is 3.23. The molecule has 0 saturated heterocycles. The van der Waals surface area contributed by atoms with E-state index in [9.17, 15) is 0 Å². The molecule has 2 rings (SSSR count). The first-order valence-corrected chi connectivity index (χ1v) is 7.83. The highest BCUT2D eigenvalue weighted by Crippen LogP contribution is 2.29. The number of rotatable bonds is 4. The van der Waals surface area contributed by atoms with E-state index in [0.717, 1.165) is 17.5 Å². The number of pyridine rings is 1. The van der Waals surface area contributed by atoms with Crippen molar-refractivity contribution < 1.29 is 0 Å². The van der Waals surface area contributed by atoms with E-state index in [-0.39, 0.29) is 0 Å². The summed E-state index contributed by atoms with van der Waals surface area (Å²) >= 11 is 0. The molecular formula is C17H28N2. The predicted molar refractivity (Wildman–Crippen MR) is 81.0 cm³/mol. The van der Waals surface area contributed by atoms with Gasteiger partial charge in [0.1, 0.15) is 0 Å². The van der Waals surface area contributed by atoms with Gasteiger partial charge in [-0.05, 0) is 50.2 Å². The summed E-state index contributed by atoms with van der Waals surface area (Å²) in [7, 11) is 0. The van der Waals surface area contributed by atoms with Gasteiger partial charge >= 0.3 is 0 Å². The molecule has 2 nitrogen and oxygen atoms in total. The zero-order chi connectivity index (χ0) is 13.7. The third-order valence-corrected chi connectivity index (χ3v) is 4.57. The molecule has 1 heterocycles. The van der Waals surface area contributed by atoms with Crippen LogP contribution in [0.1, 0.15) is 64.6 Å². The van der Waals surface area contributed by atoms with Crippen LogP contribution in [0.15, 0.2) is 24.4 Å². The Labute approximate surface area is 118 Å². The summed E-state index contributed by atoms with van der Waals surface area (Å²) in [5.41, 5.74) is 1.16. The summed E-state index contributed by atoms with van der Waals surface area (Å²) in [6.07, 6.45) is 8.68. The highest BCUT2D eigenvalue weighted by atomic mass is 15.0. The molecule has 1 fully saturated rings. The van der Waals surface area contributed by atoms with Gasteiger partial charge in [0.2, 0.25) is 0 Å². The standard InChI is InChI=1S/C17H28N2/c1-13(2)15-7-6-8-16(11-10-15)19-14(3)17-9-4-5-12-18-17/h4-5,9,12-16,19H,6-8,10-11H2,1-3H3. The van der Waals surface area contributed by atoms with Gasteiger partial charge in [-0.3, -0.25) is 4.98 Å². The van der Waals surface area contributed by atoms with E-state index in [2.05, 4.69) is 43.2 Å². The summed E-state index contributed by atoms with van der Waals surface area (Å²) in [5.74, 6) is 1.77. The Hall–Kier alpha value is -0.890. The third-order valence-electron chi connectivity index (χ3n) is 4.57. The Kier molecular flexibility index (Phi) is 5.38. The Morgan fingerprint density at radius 1 is 1.11 bits per heavy atom. The fourth-order valence-electron chi connectivity index (χ4n) is 3.23. The van der Waals surface area contributed by atoms with Crippen molar-refractivity contribution in [2.75, 3.05) is 0 Å². The minimum absolute atomic E-state index is 0.363. The third kappa shape index (κ3) is 4.31. The highest BCUT2D eigenvalue weighted by molar-refractivity contribution is 5.07. The Balaban J connectivity index is 1.86.